The molecular formula is C10H19N3. The molecule has 0 bridgehead atoms. The molecule has 2 unspecified atom stereocenters. The van der Waals surface area contributed by atoms with Crippen molar-refractivity contribution in [1.82, 2.24) is 10.2 Å². The van der Waals surface area contributed by atoms with Crippen LogP contribution in [0.4, 0.5) is 0 Å². The van der Waals surface area contributed by atoms with Crippen molar-refractivity contribution in [2.75, 3.05) is 20.6 Å². The molecule has 1 saturated carbocycles. The highest BCUT2D eigenvalue weighted by Gasteiger charge is 2.39. The third-order valence-corrected chi connectivity index (χ3v) is 3.30. The average molecular weight is 181 g/mol. The molecule has 3 nitrogen and oxygen atoms in total. The first-order valence-electron chi connectivity index (χ1n) is 4.98. The minimum absolute atomic E-state index is 0.256. The van der Waals surface area contributed by atoms with Gasteiger partial charge in [0.1, 0.15) is 5.54 Å². The van der Waals surface area contributed by atoms with Gasteiger partial charge in [-0.15, -0.1) is 0 Å². The number of nitrogens with one attached hydrogen (secondary N) is 1. The normalized spacial score (nSPS) is 33.6. The maximum Gasteiger partial charge on any atom is 0.108 e. The molecule has 1 aliphatic rings. The van der Waals surface area contributed by atoms with Gasteiger partial charge in [0.05, 0.1) is 6.07 Å². The van der Waals surface area contributed by atoms with Crippen molar-refractivity contribution < 1.29 is 0 Å². The van der Waals surface area contributed by atoms with Gasteiger partial charge in [-0.05, 0) is 39.9 Å². The van der Waals surface area contributed by atoms with Gasteiger partial charge in [0.15, 0.2) is 0 Å². The fourth-order valence-electron chi connectivity index (χ4n) is 2.04. The number of hydrogen-bond donors (Lipinski definition) is 1. The lowest BCUT2D eigenvalue weighted by Crippen LogP contribution is -2.41. The van der Waals surface area contributed by atoms with Crippen LogP contribution in [0.25, 0.3) is 0 Å². The molecule has 1 N–H and O–H groups in total. The summed E-state index contributed by atoms with van der Waals surface area (Å²) in [5.74, 6) is 0. The summed E-state index contributed by atoms with van der Waals surface area (Å²) < 4.78 is 0. The standard InChI is InChI=1S/C10H19N3/c1-4-13(3)9-5-6-10(7-9,8-11)12-2/h9,12H,4-7H2,1-3H3. The Labute approximate surface area is 80.7 Å². The zero-order valence-electron chi connectivity index (χ0n) is 8.80. The summed E-state index contributed by atoms with van der Waals surface area (Å²) in [5.41, 5.74) is -0.256. The van der Waals surface area contributed by atoms with Gasteiger partial charge in [-0.1, -0.05) is 6.92 Å². The van der Waals surface area contributed by atoms with Crippen molar-refractivity contribution in [3.63, 3.8) is 0 Å². The molecule has 0 heterocycles. The third-order valence-electron chi connectivity index (χ3n) is 3.30. The zero-order valence-corrected chi connectivity index (χ0v) is 8.80. The smallest absolute Gasteiger partial charge is 0.108 e. The van der Waals surface area contributed by atoms with E-state index in [0.717, 1.165) is 25.8 Å². The first-order chi connectivity index (χ1) is 6.17. The van der Waals surface area contributed by atoms with Crippen molar-refractivity contribution in [3.8, 4) is 6.07 Å². The Morgan fingerprint density at radius 3 is 2.77 bits per heavy atom. The highest BCUT2D eigenvalue weighted by molar-refractivity contribution is 5.12. The van der Waals surface area contributed by atoms with E-state index in [2.05, 4.69) is 30.3 Å². The van der Waals surface area contributed by atoms with E-state index >= 15 is 0 Å². The molecule has 0 aromatic rings. The first-order valence-corrected chi connectivity index (χ1v) is 4.98. The molecule has 1 fully saturated rings. The van der Waals surface area contributed by atoms with Crippen LogP contribution in [0.3, 0.4) is 0 Å². The largest absolute Gasteiger partial charge is 0.304 e. The van der Waals surface area contributed by atoms with Gasteiger partial charge in [-0.3, -0.25) is 0 Å². The Bertz CT molecular complexity index is 209. The molecule has 1 aliphatic carbocycles. The molecule has 2 atom stereocenters. The summed E-state index contributed by atoms with van der Waals surface area (Å²) in [4.78, 5) is 2.33. The molecule has 1 rings (SSSR count). The van der Waals surface area contributed by atoms with Crippen molar-refractivity contribution in [2.45, 2.75) is 37.8 Å². The zero-order chi connectivity index (χ0) is 9.90. The Kier molecular flexibility index (Phi) is 3.29. The summed E-state index contributed by atoms with van der Waals surface area (Å²) in [6.07, 6.45) is 3.08. The quantitative estimate of drug-likeness (QED) is 0.705. The lowest BCUT2D eigenvalue weighted by atomic mass is 10.00. The Balaban J connectivity index is 2.58. The monoisotopic (exact) mass is 181 g/mol. The van der Waals surface area contributed by atoms with E-state index in [9.17, 15) is 0 Å². The first kappa shape index (κ1) is 10.5. The fraction of sp³-hybridized carbons (Fsp3) is 0.900. The second kappa shape index (κ2) is 4.08. The molecule has 13 heavy (non-hydrogen) atoms. The molecule has 3 heteroatoms. The van der Waals surface area contributed by atoms with Crippen LogP contribution in [0.15, 0.2) is 0 Å². The minimum atomic E-state index is -0.256. The van der Waals surface area contributed by atoms with E-state index in [-0.39, 0.29) is 5.54 Å². The number of hydrogen-bond acceptors (Lipinski definition) is 3. The minimum Gasteiger partial charge on any atom is -0.304 e. The van der Waals surface area contributed by atoms with Crippen molar-refractivity contribution in [2.24, 2.45) is 0 Å². The average Bonchev–Trinajstić information content (AvgIpc) is 2.61. The van der Waals surface area contributed by atoms with Crippen molar-refractivity contribution in [3.05, 3.63) is 0 Å². The second-order valence-corrected chi connectivity index (χ2v) is 3.91. The molecule has 0 aliphatic heterocycles. The topological polar surface area (TPSA) is 39.1 Å². The Hall–Kier alpha value is -0.590. The van der Waals surface area contributed by atoms with Gasteiger partial charge < -0.3 is 10.2 Å². The van der Waals surface area contributed by atoms with Gasteiger partial charge in [-0.2, -0.15) is 5.26 Å². The fourth-order valence-corrected chi connectivity index (χ4v) is 2.04. The molecule has 0 saturated heterocycles. The van der Waals surface area contributed by atoms with Gasteiger partial charge >= 0.3 is 0 Å². The van der Waals surface area contributed by atoms with Gasteiger partial charge in [0.2, 0.25) is 0 Å². The summed E-state index contributed by atoms with van der Waals surface area (Å²) in [6, 6.07) is 2.98. The summed E-state index contributed by atoms with van der Waals surface area (Å²) in [6.45, 7) is 3.22. The van der Waals surface area contributed by atoms with E-state index in [1.54, 1.807) is 0 Å². The van der Waals surface area contributed by atoms with E-state index in [1.165, 1.54) is 0 Å². The lowest BCUT2D eigenvalue weighted by Gasteiger charge is -2.24. The Morgan fingerprint density at radius 2 is 2.38 bits per heavy atom. The summed E-state index contributed by atoms with van der Waals surface area (Å²) in [5, 5.41) is 12.2. The second-order valence-electron chi connectivity index (χ2n) is 3.91. The maximum atomic E-state index is 9.06. The van der Waals surface area contributed by atoms with Crippen LogP contribution in [0, 0.1) is 11.3 Å². The predicted octanol–water partition coefficient (Wildman–Crippen LogP) is 0.972. The van der Waals surface area contributed by atoms with Crippen LogP contribution in [-0.2, 0) is 0 Å². The SMILES string of the molecule is CCN(C)C1CCC(C#N)(NC)C1. The number of nitriles is 1. The van der Waals surface area contributed by atoms with Crippen LogP contribution in [0.5, 0.6) is 0 Å². The Morgan fingerprint density at radius 1 is 1.69 bits per heavy atom. The van der Waals surface area contributed by atoms with Crippen LogP contribution >= 0.6 is 0 Å². The molecule has 0 radical (unpaired) electrons. The number of rotatable bonds is 3. The predicted molar refractivity (Wildman–Crippen MR) is 53.3 cm³/mol. The molecule has 0 aromatic carbocycles. The van der Waals surface area contributed by atoms with Gasteiger partial charge in [0, 0.05) is 6.04 Å². The van der Waals surface area contributed by atoms with Crippen LogP contribution in [-0.4, -0.2) is 37.1 Å². The van der Waals surface area contributed by atoms with E-state index in [4.69, 9.17) is 5.26 Å². The summed E-state index contributed by atoms with van der Waals surface area (Å²) in [7, 11) is 4.02. The molecule has 74 valence electrons. The molecule has 0 amide bonds. The van der Waals surface area contributed by atoms with Gasteiger partial charge in [0.25, 0.3) is 0 Å². The number of nitrogens with zero attached hydrogens (tertiary/aromatic N) is 2. The van der Waals surface area contributed by atoms with E-state index < -0.39 is 0 Å². The maximum absolute atomic E-state index is 9.06. The van der Waals surface area contributed by atoms with Crippen molar-refractivity contribution in [1.29, 1.82) is 5.26 Å². The summed E-state index contributed by atoms with van der Waals surface area (Å²) >= 11 is 0. The van der Waals surface area contributed by atoms with E-state index in [1.807, 2.05) is 7.05 Å². The molecule has 0 aromatic heterocycles. The lowest BCUT2D eigenvalue weighted by molar-refractivity contribution is 0.249. The van der Waals surface area contributed by atoms with E-state index in [0.29, 0.717) is 6.04 Å². The highest BCUT2D eigenvalue weighted by Crippen LogP contribution is 2.31. The van der Waals surface area contributed by atoms with Crippen LogP contribution < -0.4 is 5.32 Å². The van der Waals surface area contributed by atoms with Crippen molar-refractivity contribution >= 4 is 0 Å². The molecule has 0 spiro atoms. The third kappa shape index (κ3) is 2.01. The van der Waals surface area contributed by atoms with Crippen LogP contribution in [0.2, 0.25) is 0 Å². The molecular weight excluding hydrogens is 162 g/mol. The van der Waals surface area contributed by atoms with Crippen LogP contribution in [0.1, 0.15) is 26.2 Å². The highest BCUT2D eigenvalue weighted by atomic mass is 15.1. The van der Waals surface area contributed by atoms with Gasteiger partial charge in [-0.25, -0.2) is 0 Å².